The molecule has 1 N–H and O–H groups in total. The molecule has 0 spiro atoms. The van der Waals surface area contributed by atoms with Crippen molar-refractivity contribution in [2.45, 2.75) is 40.2 Å². The first-order valence-corrected chi connectivity index (χ1v) is 7.53. The first-order valence-electron chi connectivity index (χ1n) is 7.53. The lowest BCUT2D eigenvalue weighted by molar-refractivity contribution is 0.0532. The van der Waals surface area contributed by atoms with E-state index in [0.29, 0.717) is 18.7 Å². The van der Waals surface area contributed by atoms with Crippen molar-refractivity contribution in [2.24, 2.45) is 0 Å². The molecule has 21 heavy (non-hydrogen) atoms. The Morgan fingerprint density at radius 2 is 2.14 bits per heavy atom. The van der Waals surface area contributed by atoms with Crippen molar-refractivity contribution in [1.29, 1.82) is 0 Å². The summed E-state index contributed by atoms with van der Waals surface area (Å²) in [5.41, 5.74) is 1.50. The highest BCUT2D eigenvalue weighted by Crippen LogP contribution is 2.12. The molecule has 0 bridgehead atoms. The van der Waals surface area contributed by atoms with Gasteiger partial charge in [0, 0.05) is 31.4 Å². The van der Waals surface area contributed by atoms with Gasteiger partial charge in [0.05, 0.1) is 12.7 Å². The number of rotatable bonds is 8. The molecule has 0 aliphatic heterocycles. The van der Waals surface area contributed by atoms with Crippen LogP contribution < -0.4 is 5.32 Å². The Kier molecular flexibility index (Phi) is 7.15. The first kappa shape index (κ1) is 17.4. The zero-order valence-electron chi connectivity index (χ0n) is 13.8. The summed E-state index contributed by atoms with van der Waals surface area (Å²) in [6.45, 7) is 9.94. The molecule has 1 amide bonds. The van der Waals surface area contributed by atoms with Crippen molar-refractivity contribution in [3.8, 4) is 0 Å². The largest absolute Gasteiger partial charge is 0.377 e. The molecule has 0 aromatic carbocycles. The maximum Gasteiger partial charge on any atom is 0.253 e. The van der Waals surface area contributed by atoms with Gasteiger partial charge in [-0.3, -0.25) is 4.79 Å². The van der Waals surface area contributed by atoms with Gasteiger partial charge in [-0.1, -0.05) is 6.92 Å². The normalized spacial score (nSPS) is 10.8. The average molecular weight is 293 g/mol. The zero-order valence-corrected chi connectivity index (χ0v) is 13.8. The van der Waals surface area contributed by atoms with E-state index in [9.17, 15) is 4.79 Å². The Bertz CT molecular complexity index is 461. The fourth-order valence-corrected chi connectivity index (χ4v) is 1.88. The number of ether oxygens (including phenoxy) is 1. The van der Waals surface area contributed by atoms with Crippen molar-refractivity contribution >= 4 is 11.7 Å². The molecule has 1 heterocycles. The van der Waals surface area contributed by atoms with Crippen LogP contribution in [0.3, 0.4) is 0 Å². The number of hydrogen-bond acceptors (Lipinski definition) is 4. The molecule has 5 nitrogen and oxygen atoms in total. The van der Waals surface area contributed by atoms with E-state index in [2.05, 4.69) is 17.2 Å². The third-order valence-electron chi connectivity index (χ3n) is 2.98. The summed E-state index contributed by atoms with van der Waals surface area (Å²) in [5.74, 6) is 0.749. The smallest absolute Gasteiger partial charge is 0.253 e. The average Bonchev–Trinajstić information content (AvgIpc) is 2.43. The van der Waals surface area contributed by atoms with E-state index in [1.807, 2.05) is 32.9 Å². The number of aryl methyl sites for hydroxylation is 1. The predicted molar refractivity (Wildman–Crippen MR) is 85.8 cm³/mol. The van der Waals surface area contributed by atoms with Crippen LogP contribution in [-0.4, -0.2) is 48.6 Å². The van der Waals surface area contributed by atoms with Crippen LogP contribution in [0.1, 0.15) is 43.2 Å². The molecule has 1 rings (SSSR count). The molecule has 0 saturated carbocycles. The van der Waals surface area contributed by atoms with Gasteiger partial charge in [-0.25, -0.2) is 4.98 Å². The molecule has 5 heteroatoms. The number of aromatic nitrogens is 1. The van der Waals surface area contributed by atoms with Crippen LogP contribution in [0.5, 0.6) is 0 Å². The third-order valence-corrected chi connectivity index (χ3v) is 2.98. The van der Waals surface area contributed by atoms with Gasteiger partial charge in [-0.05, 0) is 39.3 Å². The van der Waals surface area contributed by atoms with Gasteiger partial charge >= 0.3 is 0 Å². The number of carbonyl (C=O) groups excluding carboxylic acids is 1. The van der Waals surface area contributed by atoms with Gasteiger partial charge in [-0.2, -0.15) is 0 Å². The summed E-state index contributed by atoms with van der Waals surface area (Å²) < 4.78 is 5.48. The van der Waals surface area contributed by atoms with E-state index in [1.165, 1.54) is 0 Å². The topological polar surface area (TPSA) is 54.5 Å². The molecule has 118 valence electrons. The van der Waals surface area contributed by atoms with Crippen LogP contribution in [0.15, 0.2) is 12.1 Å². The van der Waals surface area contributed by atoms with E-state index in [1.54, 1.807) is 11.9 Å². The molecule has 0 radical (unpaired) electrons. The Hall–Kier alpha value is -1.62. The van der Waals surface area contributed by atoms with Crippen LogP contribution in [-0.2, 0) is 4.74 Å². The zero-order chi connectivity index (χ0) is 15.8. The van der Waals surface area contributed by atoms with Gasteiger partial charge in [0.15, 0.2) is 0 Å². The van der Waals surface area contributed by atoms with Crippen molar-refractivity contribution in [3.05, 3.63) is 23.4 Å². The van der Waals surface area contributed by atoms with Crippen LogP contribution in [0, 0.1) is 6.92 Å². The summed E-state index contributed by atoms with van der Waals surface area (Å²) in [5, 5.41) is 3.22. The van der Waals surface area contributed by atoms with Gasteiger partial charge in [0.1, 0.15) is 5.82 Å². The fourth-order valence-electron chi connectivity index (χ4n) is 1.88. The van der Waals surface area contributed by atoms with Crippen molar-refractivity contribution in [2.75, 3.05) is 32.1 Å². The number of nitrogens with zero attached hydrogens (tertiary/aromatic N) is 2. The molecule has 0 aliphatic rings. The summed E-state index contributed by atoms with van der Waals surface area (Å²) in [6.07, 6.45) is 1.20. The lowest BCUT2D eigenvalue weighted by atomic mass is 10.2. The quantitative estimate of drug-likeness (QED) is 0.800. The maximum atomic E-state index is 12.4. The van der Waals surface area contributed by atoms with E-state index in [0.717, 1.165) is 24.5 Å². The van der Waals surface area contributed by atoms with Crippen molar-refractivity contribution in [3.63, 3.8) is 0 Å². The molecule has 0 fully saturated rings. The molecule has 0 saturated heterocycles. The second kappa shape index (κ2) is 8.62. The molecule has 0 atom stereocenters. The number of likely N-dealkylation sites (N-methyl/N-ethyl adjacent to an activating group) is 1. The molecular formula is C16H27N3O2. The Morgan fingerprint density at radius 3 is 2.76 bits per heavy atom. The number of anilines is 1. The van der Waals surface area contributed by atoms with Gasteiger partial charge < -0.3 is 15.0 Å². The lowest BCUT2D eigenvalue weighted by Crippen LogP contribution is -2.31. The summed E-state index contributed by atoms with van der Waals surface area (Å²) in [7, 11) is 1.79. The minimum atomic E-state index is -0.00703. The number of carbonyl (C=O) groups is 1. The van der Waals surface area contributed by atoms with Crippen molar-refractivity contribution in [1.82, 2.24) is 9.88 Å². The van der Waals surface area contributed by atoms with E-state index < -0.39 is 0 Å². The van der Waals surface area contributed by atoms with Gasteiger partial charge in [0.2, 0.25) is 0 Å². The number of nitrogens with one attached hydrogen (secondary N) is 1. The molecular weight excluding hydrogens is 266 g/mol. The maximum absolute atomic E-state index is 12.4. The van der Waals surface area contributed by atoms with Crippen LogP contribution >= 0.6 is 0 Å². The van der Waals surface area contributed by atoms with Gasteiger partial charge in [-0.15, -0.1) is 0 Å². The number of hydrogen-bond donors (Lipinski definition) is 1. The lowest BCUT2D eigenvalue weighted by Gasteiger charge is -2.19. The fraction of sp³-hybridized carbons (Fsp3) is 0.625. The van der Waals surface area contributed by atoms with E-state index >= 15 is 0 Å². The van der Waals surface area contributed by atoms with Crippen LogP contribution in [0.25, 0.3) is 0 Å². The Balaban J connectivity index is 2.69. The summed E-state index contributed by atoms with van der Waals surface area (Å²) in [4.78, 5) is 18.5. The standard InChI is InChI=1S/C16H27N3O2/c1-6-7-17-15-11-14(10-13(4)18-15)16(20)19(5)8-9-21-12(2)3/h10-12H,6-9H2,1-5H3,(H,17,18). The Labute approximate surface area is 127 Å². The minimum absolute atomic E-state index is 0.00703. The van der Waals surface area contributed by atoms with E-state index in [4.69, 9.17) is 4.74 Å². The number of pyridine rings is 1. The molecule has 0 unspecified atom stereocenters. The van der Waals surface area contributed by atoms with Crippen molar-refractivity contribution < 1.29 is 9.53 Å². The summed E-state index contributed by atoms with van der Waals surface area (Å²) in [6, 6.07) is 3.63. The Morgan fingerprint density at radius 1 is 1.43 bits per heavy atom. The van der Waals surface area contributed by atoms with Crippen LogP contribution in [0.4, 0.5) is 5.82 Å². The molecule has 1 aromatic heterocycles. The van der Waals surface area contributed by atoms with E-state index in [-0.39, 0.29) is 12.0 Å². The second-order valence-electron chi connectivity index (χ2n) is 5.46. The predicted octanol–water partition coefficient (Wildman–Crippen LogP) is 2.71. The SMILES string of the molecule is CCCNc1cc(C(=O)N(C)CCOC(C)C)cc(C)n1. The molecule has 1 aromatic rings. The first-order chi connectivity index (χ1) is 9.93. The second-order valence-corrected chi connectivity index (χ2v) is 5.46. The highest BCUT2D eigenvalue weighted by atomic mass is 16.5. The highest BCUT2D eigenvalue weighted by molar-refractivity contribution is 5.94. The summed E-state index contributed by atoms with van der Waals surface area (Å²) >= 11 is 0. The third kappa shape index (κ3) is 6.12. The number of amides is 1. The monoisotopic (exact) mass is 293 g/mol. The molecule has 0 aliphatic carbocycles. The van der Waals surface area contributed by atoms with Gasteiger partial charge in [0.25, 0.3) is 5.91 Å². The van der Waals surface area contributed by atoms with Crippen LogP contribution in [0.2, 0.25) is 0 Å². The highest BCUT2D eigenvalue weighted by Gasteiger charge is 2.13. The minimum Gasteiger partial charge on any atom is -0.377 e.